The van der Waals surface area contributed by atoms with Crippen LogP contribution >= 0.6 is 0 Å². The van der Waals surface area contributed by atoms with Crippen molar-refractivity contribution in [2.75, 3.05) is 5.32 Å². The summed E-state index contributed by atoms with van der Waals surface area (Å²) >= 11 is 0. The van der Waals surface area contributed by atoms with Gasteiger partial charge in [-0.15, -0.1) is 0 Å². The van der Waals surface area contributed by atoms with Crippen molar-refractivity contribution in [1.29, 1.82) is 5.26 Å². The van der Waals surface area contributed by atoms with Gasteiger partial charge < -0.3 is 5.32 Å². The van der Waals surface area contributed by atoms with Crippen LogP contribution in [0.25, 0.3) is 0 Å². The number of nitrogens with one attached hydrogen (secondary N) is 1. The molecule has 1 aromatic carbocycles. The lowest BCUT2D eigenvalue weighted by Crippen LogP contribution is -2.12. The van der Waals surface area contributed by atoms with Crippen molar-refractivity contribution in [3.63, 3.8) is 0 Å². The van der Waals surface area contributed by atoms with E-state index in [2.05, 4.69) is 17.2 Å². The Kier molecular flexibility index (Phi) is 3.89. The zero-order valence-corrected chi connectivity index (χ0v) is 10.6. The van der Waals surface area contributed by atoms with Crippen LogP contribution in [-0.4, -0.2) is 10.9 Å². The van der Waals surface area contributed by atoms with E-state index in [1.807, 2.05) is 30.3 Å². The molecule has 1 N–H and O–H groups in total. The number of rotatable bonds is 3. The molecular formula is C15H13N3O. The largest absolute Gasteiger partial charge is 0.322 e. The molecule has 0 radical (unpaired) electrons. The van der Waals surface area contributed by atoms with Crippen LogP contribution in [0, 0.1) is 11.3 Å². The van der Waals surface area contributed by atoms with E-state index in [1.165, 1.54) is 24.0 Å². The average molecular weight is 251 g/mol. The minimum atomic E-state index is -0.270. The Bertz CT molecular complexity index is 627. The van der Waals surface area contributed by atoms with Gasteiger partial charge in [-0.1, -0.05) is 19.1 Å². The molecule has 2 aromatic rings. The van der Waals surface area contributed by atoms with Gasteiger partial charge >= 0.3 is 0 Å². The number of nitriles is 1. The quantitative estimate of drug-likeness (QED) is 0.912. The van der Waals surface area contributed by atoms with Gasteiger partial charge in [0.1, 0.15) is 6.07 Å². The average Bonchev–Trinajstić information content (AvgIpc) is 2.48. The molecule has 19 heavy (non-hydrogen) atoms. The van der Waals surface area contributed by atoms with Gasteiger partial charge in [-0.05, 0) is 30.2 Å². The Morgan fingerprint density at radius 1 is 1.32 bits per heavy atom. The summed E-state index contributed by atoms with van der Waals surface area (Å²) in [7, 11) is 0. The van der Waals surface area contributed by atoms with E-state index in [0.29, 0.717) is 11.1 Å². The Morgan fingerprint density at radius 3 is 2.68 bits per heavy atom. The fourth-order valence-electron chi connectivity index (χ4n) is 1.65. The number of benzene rings is 1. The second kappa shape index (κ2) is 5.78. The summed E-state index contributed by atoms with van der Waals surface area (Å²) in [5.41, 5.74) is 2.68. The number of anilines is 1. The van der Waals surface area contributed by atoms with Crippen LogP contribution in [-0.2, 0) is 6.42 Å². The van der Waals surface area contributed by atoms with Gasteiger partial charge in [-0.25, -0.2) is 0 Å². The van der Waals surface area contributed by atoms with E-state index in [-0.39, 0.29) is 5.91 Å². The van der Waals surface area contributed by atoms with Crippen molar-refractivity contribution in [1.82, 2.24) is 4.98 Å². The maximum Gasteiger partial charge on any atom is 0.257 e. The fraction of sp³-hybridized carbons (Fsp3) is 0.133. The summed E-state index contributed by atoms with van der Waals surface area (Å²) in [5, 5.41) is 11.5. The molecule has 2 rings (SSSR count). The normalized spacial score (nSPS) is 9.68. The van der Waals surface area contributed by atoms with Crippen LogP contribution in [0.2, 0.25) is 0 Å². The van der Waals surface area contributed by atoms with Crippen LogP contribution in [0.4, 0.5) is 5.69 Å². The predicted octanol–water partition coefficient (Wildman–Crippen LogP) is 2.77. The van der Waals surface area contributed by atoms with E-state index >= 15 is 0 Å². The van der Waals surface area contributed by atoms with Gasteiger partial charge in [0.05, 0.1) is 11.1 Å². The number of nitrogens with zero attached hydrogens (tertiary/aromatic N) is 2. The van der Waals surface area contributed by atoms with Gasteiger partial charge in [0.2, 0.25) is 0 Å². The van der Waals surface area contributed by atoms with Crippen molar-refractivity contribution in [2.24, 2.45) is 0 Å². The van der Waals surface area contributed by atoms with Crippen LogP contribution in [0.5, 0.6) is 0 Å². The molecule has 1 heterocycles. The summed E-state index contributed by atoms with van der Waals surface area (Å²) in [4.78, 5) is 15.8. The molecule has 1 aromatic heterocycles. The molecule has 0 fully saturated rings. The third-order valence-electron chi connectivity index (χ3n) is 2.75. The summed E-state index contributed by atoms with van der Waals surface area (Å²) < 4.78 is 0. The lowest BCUT2D eigenvalue weighted by molar-refractivity contribution is 0.102. The van der Waals surface area contributed by atoms with Crippen molar-refractivity contribution in [3.8, 4) is 6.07 Å². The molecule has 0 aliphatic carbocycles. The first-order valence-electron chi connectivity index (χ1n) is 5.98. The number of carbonyl (C=O) groups is 1. The van der Waals surface area contributed by atoms with Crippen molar-refractivity contribution in [3.05, 3.63) is 59.4 Å². The number of pyridine rings is 1. The molecule has 0 aliphatic heterocycles. The topological polar surface area (TPSA) is 65.8 Å². The van der Waals surface area contributed by atoms with E-state index in [1.54, 1.807) is 0 Å². The molecule has 0 saturated carbocycles. The fourth-order valence-corrected chi connectivity index (χ4v) is 1.65. The van der Waals surface area contributed by atoms with Crippen LogP contribution in [0.3, 0.4) is 0 Å². The predicted molar refractivity (Wildman–Crippen MR) is 72.7 cm³/mol. The summed E-state index contributed by atoms with van der Waals surface area (Å²) in [6.07, 6.45) is 3.83. The molecule has 1 amide bonds. The van der Waals surface area contributed by atoms with Crippen molar-refractivity contribution >= 4 is 11.6 Å². The van der Waals surface area contributed by atoms with Gasteiger partial charge in [0.25, 0.3) is 5.91 Å². The number of aryl methyl sites for hydroxylation is 1. The molecule has 0 spiro atoms. The third kappa shape index (κ3) is 3.17. The highest BCUT2D eigenvalue weighted by Crippen LogP contribution is 2.12. The SMILES string of the molecule is CCc1ccc(NC(=O)c2cncc(C#N)c2)cc1. The first-order chi connectivity index (χ1) is 9.22. The summed E-state index contributed by atoms with van der Waals surface area (Å²) in [6, 6.07) is 11.1. The van der Waals surface area contributed by atoms with Gasteiger partial charge in [0.15, 0.2) is 0 Å². The van der Waals surface area contributed by atoms with Crippen LogP contribution in [0.1, 0.15) is 28.4 Å². The lowest BCUT2D eigenvalue weighted by Gasteiger charge is -2.06. The lowest BCUT2D eigenvalue weighted by atomic mass is 10.1. The molecular weight excluding hydrogens is 238 g/mol. The van der Waals surface area contributed by atoms with Gasteiger partial charge in [0, 0.05) is 18.1 Å². The number of carbonyl (C=O) groups excluding carboxylic acids is 1. The Morgan fingerprint density at radius 2 is 2.05 bits per heavy atom. The summed E-state index contributed by atoms with van der Waals surface area (Å²) in [5.74, 6) is -0.270. The molecule has 94 valence electrons. The van der Waals surface area contributed by atoms with Gasteiger partial charge in [-0.2, -0.15) is 5.26 Å². The first-order valence-corrected chi connectivity index (χ1v) is 5.98. The molecule has 0 aliphatic rings. The minimum absolute atomic E-state index is 0.270. The van der Waals surface area contributed by atoms with E-state index in [4.69, 9.17) is 5.26 Å². The molecule has 0 bridgehead atoms. The molecule has 4 heteroatoms. The minimum Gasteiger partial charge on any atom is -0.322 e. The second-order valence-electron chi connectivity index (χ2n) is 4.08. The van der Waals surface area contributed by atoms with E-state index in [9.17, 15) is 4.79 Å². The highest BCUT2D eigenvalue weighted by atomic mass is 16.1. The Balaban J connectivity index is 2.13. The number of amides is 1. The molecule has 0 atom stereocenters. The third-order valence-corrected chi connectivity index (χ3v) is 2.75. The van der Waals surface area contributed by atoms with E-state index in [0.717, 1.165) is 12.1 Å². The number of hydrogen-bond donors (Lipinski definition) is 1. The van der Waals surface area contributed by atoms with Crippen LogP contribution < -0.4 is 5.32 Å². The number of hydrogen-bond acceptors (Lipinski definition) is 3. The zero-order chi connectivity index (χ0) is 13.7. The number of aromatic nitrogens is 1. The monoisotopic (exact) mass is 251 g/mol. The molecule has 0 unspecified atom stereocenters. The van der Waals surface area contributed by atoms with Gasteiger partial charge in [-0.3, -0.25) is 9.78 Å². The second-order valence-corrected chi connectivity index (χ2v) is 4.08. The Labute approximate surface area is 111 Å². The maximum absolute atomic E-state index is 12.0. The smallest absolute Gasteiger partial charge is 0.257 e. The van der Waals surface area contributed by atoms with Crippen molar-refractivity contribution < 1.29 is 4.79 Å². The first kappa shape index (κ1) is 12.8. The maximum atomic E-state index is 12.0. The zero-order valence-electron chi connectivity index (χ0n) is 10.6. The van der Waals surface area contributed by atoms with Crippen molar-refractivity contribution in [2.45, 2.75) is 13.3 Å². The molecule has 4 nitrogen and oxygen atoms in total. The van der Waals surface area contributed by atoms with E-state index < -0.39 is 0 Å². The molecule has 0 saturated heterocycles. The standard InChI is InChI=1S/C15H13N3O/c1-2-11-3-5-14(6-4-11)18-15(19)13-7-12(8-16)9-17-10-13/h3-7,9-10H,2H2,1H3,(H,18,19). The van der Waals surface area contributed by atoms with Crippen LogP contribution in [0.15, 0.2) is 42.7 Å². The summed E-state index contributed by atoms with van der Waals surface area (Å²) in [6.45, 7) is 2.08. The highest BCUT2D eigenvalue weighted by molar-refractivity contribution is 6.04. The Hall–Kier alpha value is -2.67. The highest BCUT2D eigenvalue weighted by Gasteiger charge is 2.07.